The van der Waals surface area contributed by atoms with Crippen LogP contribution in [0.5, 0.6) is 0 Å². The Morgan fingerprint density at radius 2 is 2.04 bits per heavy atom. The van der Waals surface area contributed by atoms with Crippen LogP contribution < -0.4 is 15.5 Å². The maximum atomic E-state index is 10.1. The van der Waals surface area contributed by atoms with Crippen molar-refractivity contribution in [3.8, 4) is 0 Å². The first-order valence-corrected chi connectivity index (χ1v) is 10.6. The zero-order valence-electron chi connectivity index (χ0n) is 17.9. The van der Waals surface area contributed by atoms with Crippen molar-refractivity contribution in [2.45, 2.75) is 52.7 Å². The van der Waals surface area contributed by atoms with E-state index in [1.165, 1.54) is 11.3 Å². The molecule has 6 heteroatoms. The summed E-state index contributed by atoms with van der Waals surface area (Å²) in [5.41, 5.74) is 2.56. The molecule has 0 aromatic heterocycles. The van der Waals surface area contributed by atoms with Gasteiger partial charge in [-0.05, 0) is 44.7 Å². The van der Waals surface area contributed by atoms with Crippen LogP contribution in [0.25, 0.3) is 0 Å². The number of aliphatic hydroxyl groups is 1. The summed E-state index contributed by atoms with van der Waals surface area (Å²) < 4.78 is 5.50. The highest BCUT2D eigenvalue weighted by Gasteiger charge is 2.21. The Hall–Kier alpha value is -1.79. The summed E-state index contributed by atoms with van der Waals surface area (Å²) >= 11 is 0. The summed E-state index contributed by atoms with van der Waals surface area (Å²) in [6, 6.07) is 9.07. The molecule has 1 aliphatic heterocycles. The Bertz CT molecular complexity index is 589. The number of piperidine rings is 1. The fourth-order valence-corrected chi connectivity index (χ4v) is 3.29. The average molecular weight is 391 g/mol. The monoisotopic (exact) mass is 390 g/mol. The first kappa shape index (κ1) is 22.5. The second kappa shape index (κ2) is 11.9. The van der Waals surface area contributed by atoms with Crippen LogP contribution >= 0.6 is 0 Å². The first-order chi connectivity index (χ1) is 13.5. The van der Waals surface area contributed by atoms with Crippen LogP contribution in [-0.2, 0) is 4.74 Å². The Morgan fingerprint density at radius 1 is 1.29 bits per heavy atom. The second-order valence-electron chi connectivity index (χ2n) is 8.07. The van der Waals surface area contributed by atoms with Gasteiger partial charge in [0.25, 0.3) is 0 Å². The summed E-state index contributed by atoms with van der Waals surface area (Å²) in [6.45, 7) is 12.5. The molecule has 0 saturated carbocycles. The van der Waals surface area contributed by atoms with Crippen molar-refractivity contribution in [1.82, 2.24) is 10.6 Å². The van der Waals surface area contributed by atoms with Gasteiger partial charge in [-0.2, -0.15) is 0 Å². The number of ether oxygens (including phenoxy) is 1. The molecule has 158 valence electrons. The van der Waals surface area contributed by atoms with Crippen molar-refractivity contribution in [2.24, 2.45) is 10.9 Å². The number of benzene rings is 1. The molecule has 0 bridgehead atoms. The van der Waals surface area contributed by atoms with E-state index >= 15 is 0 Å². The third kappa shape index (κ3) is 8.07. The van der Waals surface area contributed by atoms with Crippen LogP contribution in [0, 0.1) is 12.8 Å². The fourth-order valence-electron chi connectivity index (χ4n) is 3.29. The van der Waals surface area contributed by atoms with E-state index in [1.807, 2.05) is 0 Å². The quantitative estimate of drug-likeness (QED) is 0.447. The topological polar surface area (TPSA) is 69.1 Å². The minimum absolute atomic E-state index is 0.325. The van der Waals surface area contributed by atoms with Gasteiger partial charge in [0, 0.05) is 38.0 Å². The molecule has 2 unspecified atom stereocenters. The lowest BCUT2D eigenvalue weighted by Gasteiger charge is -2.35. The van der Waals surface area contributed by atoms with Crippen molar-refractivity contribution >= 4 is 11.6 Å². The summed E-state index contributed by atoms with van der Waals surface area (Å²) in [5.74, 6) is 1.23. The van der Waals surface area contributed by atoms with Crippen LogP contribution in [0.2, 0.25) is 0 Å². The van der Waals surface area contributed by atoms with Crippen LogP contribution in [0.3, 0.4) is 0 Å². The molecule has 2 atom stereocenters. The molecular formula is C22H38N4O2. The molecule has 6 nitrogen and oxygen atoms in total. The predicted molar refractivity (Wildman–Crippen MR) is 117 cm³/mol. The highest BCUT2D eigenvalue weighted by atomic mass is 16.5. The van der Waals surface area contributed by atoms with Gasteiger partial charge >= 0.3 is 0 Å². The van der Waals surface area contributed by atoms with Crippen molar-refractivity contribution in [1.29, 1.82) is 0 Å². The van der Waals surface area contributed by atoms with E-state index in [4.69, 9.17) is 4.74 Å². The van der Waals surface area contributed by atoms with Gasteiger partial charge in [-0.15, -0.1) is 0 Å². The van der Waals surface area contributed by atoms with Crippen molar-refractivity contribution < 1.29 is 9.84 Å². The van der Waals surface area contributed by atoms with E-state index < -0.39 is 6.10 Å². The van der Waals surface area contributed by atoms with E-state index in [2.05, 4.69) is 72.5 Å². The highest BCUT2D eigenvalue weighted by Crippen LogP contribution is 2.20. The van der Waals surface area contributed by atoms with Crippen LogP contribution in [0.15, 0.2) is 29.3 Å². The molecular weight excluding hydrogens is 352 g/mol. The number of rotatable bonds is 9. The van der Waals surface area contributed by atoms with Gasteiger partial charge < -0.3 is 25.4 Å². The third-order valence-corrected chi connectivity index (χ3v) is 4.73. The largest absolute Gasteiger partial charge is 0.389 e. The average Bonchev–Trinajstić information content (AvgIpc) is 2.67. The minimum Gasteiger partial charge on any atom is -0.389 e. The zero-order chi connectivity index (χ0) is 20.4. The molecule has 1 heterocycles. The number of aliphatic hydroxyl groups excluding tert-OH is 1. The normalized spacial score (nSPS) is 19.0. The van der Waals surface area contributed by atoms with Crippen molar-refractivity contribution in [2.75, 3.05) is 44.3 Å². The molecule has 28 heavy (non-hydrogen) atoms. The van der Waals surface area contributed by atoms with Gasteiger partial charge in [0.05, 0.1) is 19.3 Å². The first-order valence-electron chi connectivity index (χ1n) is 10.6. The lowest BCUT2D eigenvalue weighted by atomic mass is 10.0. The Balaban J connectivity index is 1.86. The number of hydrogen-bond acceptors (Lipinski definition) is 4. The second-order valence-corrected chi connectivity index (χ2v) is 8.07. The molecule has 0 radical (unpaired) electrons. The molecule has 1 fully saturated rings. The lowest BCUT2D eigenvalue weighted by Crippen LogP contribution is -2.51. The summed E-state index contributed by atoms with van der Waals surface area (Å²) in [6.07, 6.45) is 1.69. The van der Waals surface area contributed by atoms with Crippen LogP contribution in [0.4, 0.5) is 5.69 Å². The number of anilines is 1. The van der Waals surface area contributed by atoms with E-state index in [0.29, 0.717) is 31.7 Å². The molecule has 1 aromatic carbocycles. The minimum atomic E-state index is -0.579. The molecule has 1 aromatic rings. The number of guanidine groups is 1. The molecule has 1 saturated heterocycles. The maximum Gasteiger partial charge on any atom is 0.191 e. The summed E-state index contributed by atoms with van der Waals surface area (Å²) in [7, 11) is 0. The Kier molecular flexibility index (Phi) is 9.58. The molecule has 0 aliphatic carbocycles. The van der Waals surface area contributed by atoms with Gasteiger partial charge in [0.1, 0.15) is 0 Å². The van der Waals surface area contributed by atoms with Gasteiger partial charge in [-0.1, -0.05) is 31.5 Å². The van der Waals surface area contributed by atoms with E-state index in [-0.39, 0.29) is 0 Å². The van der Waals surface area contributed by atoms with Gasteiger partial charge in [0.15, 0.2) is 5.96 Å². The molecule has 1 aliphatic rings. The van der Waals surface area contributed by atoms with E-state index in [1.54, 1.807) is 0 Å². The van der Waals surface area contributed by atoms with E-state index in [9.17, 15) is 5.11 Å². The SMILES string of the molecule is CCNC(=NCC(O)COCC(C)C)NC1CCCN(c2ccc(C)cc2)C1. The summed E-state index contributed by atoms with van der Waals surface area (Å²) in [5, 5.41) is 16.9. The van der Waals surface area contributed by atoms with E-state index in [0.717, 1.165) is 38.4 Å². The van der Waals surface area contributed by atoms with Gasteiger partial charge in [-0.3, -0.25) is 4.99 Å². The zero-order valence-corrected chi connectivity index (χ0v) is 17.9. The number of hydrogen-bond donors (Lipinski definition) is 3. The number of nitrogens with zero attached hydrogens (tertiary/aromatic N) is 2. The van der Waals surface area contributed by atoms with Crippen molar-refractivity contribution in [3.05, 3.63) is 29.8 Å². The Morgan fingerprint density at radius 3 is 2.71 bits per heavy atom. The fraction of sp³-hybridized carbons (Fsp3) is 0.682. The summed E-state index contributed by atoms with van der Waals surface area (Å²) in [4.78, 5) is 6.99. The number of aryl methyl sites for hydroxylation is 1. The van der Waals surface area contributed by atoms with Crippen LogP contribution in [0.1, 0.15) is 39.2 Å². The number of nitrogens with one attached hydrogen (secondary N) is 2. The molecule has 3 N–H and O–H groups in total. The molecule has 2 rings (SSSR count). The van der Waals surface area contributed by atoms with Crippen LogP contribution in [-0.4, -0.2) is 62.6 Å². The molecule has 0 amide bonds. The third-order valence-electron chi connectivity index (χ3n) is 4.73. The number of aliphatic imine (C=N–C) groups is 1. The van der Waals surface area contributed by atoms with Crippen molar-refractivity contribution in [3.63, 3.8) is 0 Å². The smallest absolute Gasteiger partial charge is 0.191 e. The Labute approximate surface area is 170 Å². The molecule has 0 spiro atoms. The lowest BCUT2D eigenvalue weighted by molar-refractivity contribution is 0.0301. The highest BCUT2D eigenvalue weighted by molar-refractivity contribution is 5.80. The maximum absolute atomic E-state index is 10.1. The van der Waals surface area contributed by atoms with Gasteiger partial charge in [-0.25, -0.2) is 0 Å². The van der Waals surface area contributed by atoms with Gasteiger partial charge in [0.2, 0.25) is 0 Å². The standard InChI is InChI=1S/C22H38N4O2/c1-5-23-22(24-13-21(27)16-28-15-17(2)3)25-19-7-6-12-26(14-19)20-10-8-18(4)9-11-20/h8-11,17,19,21,27H,5-7,12-16H2,1-4H3,(H2,23,24,25). The predicted octanol–water partition coefficient (Wildman–Crippen LogP) is 2.55.